The van der Waals surface area contributed by atoms with Gasteiger partial charge < -0.3 is 9.32 Å². The van der Waals surface area contributed by atoms with Gasteiger partial charge in [0.05, 0.1) is 6.26 Å². The summed E-state index contributed by atoms with van der Waals surface area (Å²) in [5, 5.41) is 0. The van der Waals surface area contributed by atoms with Crippen LogP contribution >= 0.6 is 0 Å². The molecule has 0 radical (unpaired) electrons. The van der Waals surface area contributed by atoms with Crippen LogP contribution < -0.4 is 0 Å². The quantitative estimate of drug-likeness (QED) is 0.712. The summed E-state index contributed by atoms with van der Waals surface area (Å²) >= 11 is 0. The first-order valence-corrected chi connectivity index (χ1v) is 7.96. The van der Waals surface area contributed by atoms with Crippen LogP contribution in [0.25, 0.3) is 11.3 Å². The van der Waals surface area contributed by atoms with Crippen molar-refractivity contribution in [3.8, 4) is 11.3 Å². The minimum absolute atomic E-state index is 0.00756. The van der Waals surface area contributed by atoms with Gasteiger partial charge in [0.15, 0.2) is 0 Å². The van der Waals surface area contributed by atoms with Gasteiger partial charge in [-0.2, -0.15) is 0 Å². The van der Waals surface area contributed by atoms with Crippen molar-refractivity contribution in [3.05, 3.63) is 78.3 Å². The fraction of sp³-hybridized carbons (Fsp3) is 0.200. The number of furan rings is 1. The molecular weight excluding hydrogens is 300 g/mol. The summed E-state index contributed by atoms with van der Waals surface area (Å²) in [6.45, 7) is 2.03. The molecule has 0 N–H and O–H groups in total. The fourth-order valence-electron chi connectivity index (χ4n) is 2.61. The fourth-order valence-corrected chi connectivity index (χ4v) is 2.61. The molecule has 4 nitrogen and oxygen atoms in total. The topological polar surface area (TPSA) is 46.3 Å². The second-order valence-electron chi connectivity index (χ2n) is 5.85. The molecule has 3 aromatic rings. The highest BCUT2D eigenvalue weighted by Gasteiger charge is 2.18. The van der Waals surface area contributed by atoms with E-state index in [1.54, 1.807) is 17.4 Å². The number of carbonyl (C=O) groups is 1. The average molecular weight is 320 g/mol. The number of aromatic nitrogens is 1. The van der Waals surface area contributed by atoms with Crippen LogP contribution in [0, 0.1) is 0 Å². The average Bonchev–Trinajstić information content (AvgIpc) is 3.16. The summed E-state index contributed by atoms with van der Waals surface area (Å²) in [5.41, 5.74) is 2.53. The molecule has 1 atom stereocenters. The van der Waals surface area contributed by atoms with Gasteiger partial charge in [-0.25, -0.2) is 0 Å². The second-order valence-corrected chi connectivity index (χ2v) is 5.85. The number of benzene rings is 1. The molecule has 1 aromatic carbocycles. The van der Waals surface area contributed by atoms with E-state index >= 15 is 0 Å². The van der Waals surface area contributed by atoms with Crippen LogP contribution in [0.4, 0.5) is 0 Å². The Morgan fingerprint density at radius 3 is 2.75 bits per heavy atom. The van der Waals surface area contributed by atoms with Gasteiger partial charge in [0.25, 0.3) is 5.91 Å². The highest BCUT2D eigenvalue weighted by molar-refractivity contribution is 5.95. The van der Waals surface area contributed by atoms with Crippen molar-refractivity contribution in [1.29, 1.82) is 0 Å². The zero-order chi connectivity index (χ0) is 16.9. The largest absolute Gasteiger partial charge is 0.464 e. The SMILES string of the molecule is CC(Cc1ccccn1)N(C)C(=O)c1cccc(-c2ccco2)c1. The molecule has 0 fully saturated rings. The standard InChI is InChI=1S/C20H20N2O2/c1-15(13-18-9-3-4-11-21-18)22(2)20(23)17-8-5-7-16(14-17)19-10-6-12-24-19/h3-12,14-15H,13H2,1-2H3. The second kappa shape index (κ2) is 7.13. The summed E-state index contributed by atoms with van der Waals surface area (Å²) in [4.78, 5) is 18.9. The molecule has 1 unspecified atom stereocenters. The predicted molar refractivity (Wildman–Crippen MR) is 93.6 cm³/mol. The van der Waals surface area contributed by atoms with Crippen molar-refractivity contribution in [3.63, 3.8) is 0 Å². The first-order valence-electron chi connectivity index (χ1n) is 7.96. The first kappa shape index (κ1) is 16.0. The van der Waals surface area contributed by atoms with Crippen molar-refractivity contribution in [1.82, 2.24) is 9.88 Å². The molecule has 2 heterocycles. The maximum absolute atomic E-state index is 12.8. The molecule has 0 aliphatic rings. The van der Waals surface area contributed by atoms with Gasteiger partial charge >= 0.3 is 0 Å². The number of rotatable bonds is 5. The molecule has 0 aliphatic heterocycles. The number of likely N-dealkylation sites (N-methyl/N-ethyl adjacent to an activating group) is 1. The van der Waals surface area contributed by atoms with Crippen molar-refractivity contribution in [2.45, 2.75) is 19.4 Å². The van der Waals surface area contributed by atoms with Gasteiger partial charge in [0.1, 0.15) is 5.76 Å². The van der Waals surface area contributed by atoms with E-state index in [1.807, 2.05) is 68.6 Å². The summed E-state index contributed by atoms with van der Waals surface area (Å²) in [7, 11) is 1.83. The third kappa shape index (κ3) is 3.54. The van der Waals surface area contributed by atoms with Crippen LogP contribution in [0.15, 0.2) is 71.5 Å². The van der Waals surface area contributed by atoms with E-state index in [1.165, 1.54) is 0 Å². The van der Waals surface area contributed by atoms with Gasteiger partial charge in [-0.15, -0.1) is 0 Å². The number of hydrogen-bond acceptors (Lipinski definition) is 3. The van der Waals surface area contributed by atoms with E-state index < -0.39 is 0 Å². The number of pyridine rings is 1. The molecule has 122 valence electrons. The monoisotopic (exact) mass is 320 g/mol. The van der Waals surface area contributed by atoms with Crippen LogP contribution in [0.3, 0.4) is 0 Å². The molecule has 0 aliphatic carbocycles. The molecule has 3 rings (SSSR count). The van der Waals surface area contributed by atoms with Crippen molar-refractivity contribution in [2.24, 2.45) is 0 Å². The third-order valence-electron chi connectivity index (χ3n) is 4.13. The van der Waals surface area contributed by atoms with Crippen LogP contribution in [0.1, 0.15) is 23.0 Å². The van der Waals surface area contributed by atoms with Gasteiger partial charge in [-0.1, -0.05) is 18.2 Å². The zero-order valence-electron chi connectivity index (χ0n) is 13.8. The zero-order valence-corrected chi connectivity index (χ0v) is 13.8. The first-order chi connectivity index (χ1) is 11.6. The van der Waals surface area contributed by atoms with Gasteiger partial charge in [0, 0.05) is 42.5 Å². The highest BCUT2D eigenvalue weighted by atomic mass is 16.3. The number of amides is 1. The Balaban J connectivity index is 1.74. The lowest BCUT2D eigenvalue weighted by Crippen LogP contribution is -2.36. The normalized spacial score (nSPS) is 11.9. The summed E-state index contributed by atoms with van der Waals surface area (Å²) in [6.07, 6.45) is 4.13. The Kier molecular flexibility index (Phi) is 4.75. The van der Waals surface area contributed by atoms with Crippen LogP contribution in [0.5, 0.6) is 0 Å². The third-order valence-corrected chi connectivity index (χ3v) is 4.13. The minimum Gasteiger partial charge on any atom is -0.464 e. The Morgan fingerprint density at radius 1 is 1.17 bits per heavy atom. The smallest absolute Gasteiger partial charge is 0.253 e. The van der Waals surface area contributed by atoms with E-state index in [9.17, 15) is 4.79 Å². The van der Waals surface area contributed by atoms with Gasteiger partial charge in [0.2, 0.25) is 0 Å². The Hall–Kier alpha value is -2.88. The minimum atomic E-state index is -0.00756. The van der Waals surface area contributed by atoms with Crippen molar-refractivity contribution < 1.29 is 9.21 Å². The summed E-state index contributed by atoms with van der Waals surface area (Å²) in [6, 6.07) is 17.1. The van der Waals surface area contributed by atoms with Crippen molar-refractivity contribution in [2.75, 3.05) is 7.05 Å². The molecule has 0 spiro atoms. The molecule has 2 aromatic heterocycles. The number of nitrogens with zero attached hydrogens (tertiary/aromatic N) is 2. The molecule has 24 heavy (non-hydrogen) atoms. The van der Waals surface area contributed by atoms with Crippen LogP contribution in [-0.2, 0) is 6.42 Å². The predicted octanol–water partition coefficient (Wildman–Crippen LogP) is 4.04. The maximum atomic E-state index is 12.8. The summed E-state index contributed by atoms with van der Waals surface area (Å²) in [5.74, 6) is 0.751. The Bertz CT molecular complexity index is 798. The lowest BCUT2D eigenvalue weighted by Gasteiger charge is -2.25. The molecule has 1 amide bonds. The summed E-state index contributed by atoms with van der Waals surface area (Å²) < 4.78 is 5.41. The van der Waals surface area contributed by atoms with E-state index in [2.05, 4.69) is 4.98 Å². The van der Waals surface area contributed by atoms with Crippen molar-refractivity contribution >= 4 is 5.91 Å². The number of carbonyl (C=O) groups excluding carboxylic acids is 1. The van der Waals surface area contributed by atoms with Crippen LogP contribution in [-0.4, -0.2) is 28.9 Å². The molecule has 0 saturated heterocycles. The van der Waals surface area contributed by atoms with E-state index in [4.69, 9.17) is 4.42 Å². The van der Waals surface area contributed by atoms with E-state index in [-0.39, 0.29) is 11.9 Å². The molecule has 0 saturated carbocycles. The van der Waals surface area contributed by atoms with E-state index in [0.717, 1.165) is 23.4 Å². The number of hydrogen-bond donors (Lipinski definition) is 0. The molecule has 4 heteroatoms. The maximum Gasteiger partial charge on any atom is 0.253 e. The Morgan fingerprint density at radius 2 is 2.04 bits per heavy atom. The lowest BCUT2D eigenvalue weighted by atomic mass is 10.1. The Labute approximate surface area is 141 Å². The van der Waals surface area contributed by atoms with Gasteiger partial charge in [-0.05, 0) is 43.3 Å². The lowest BCUT2D eigenvalue weighted by molar-refractivity contribution is 0.0743. The molecular formula is C20H20N2O2. The van der Waals surface area contributed by atoms with E-state index in [0.29, 0.717) is 5.56 Å². The van der Waals surface area contributed by atoms with Gasteiger partial charge in [-0.3, -0.25) is 9.78 Å². The highest BCUT2D eigenvalue weighted by Crippen LogP contribution is 2.21. The molecule has 0 bridgehead atoms. The van der Waals surface area contributed by atoms with Crippen LogP contribution in [0.2, 0.25) is 0 Å².